The highest BCUT2D eigenvalue weighted by Crippen LogP contribution is 2.44. The minimum absolute atomic E-state index is 0.128. The zero-order valence-corrected chi connectivity index (χ0v) is 8.85. The van der Waals surface area contributed by atoms with Gasteiger partial charge in [-0.3, -0.25) is 0 Å². The monoisotopic (exact) mass is 225 g/mol. The van der Waals surface area contributed by atoms with E-state index in [9.17, 15) is 8.78 Å². The van der Waals surface area contributed by atoms with E-state index in [0.29, 0.717) is 25.4 Å². The van der Waals surface area contributed by atoms with Crippen molar-refractivity contribution >= 4 is 5.69 Å². The second-order valence-electron chi connectivity index (χ2n) is 4.56. The van der Waals surface area contributed by atoms with Crippen molar-refractivity contribution in [3.63, 3.8) is 0 Å². The molecule has 2 aliphatic heterocycles. The lowest BCUT2D eigenvalue weighted by atomic mass is 9.76. The van der Waals surface area contributed by atoms with Gasteiger partial charge < -0.3 is 10.1 Å². The van der Waals surface area contributed by atoms with E-state index in [1.807, 2.05) is 0 Å². The van der Waals surface area contributed by atoms with E-state index in [1.165, 1.54) is 6.07 Å². The number of nitrogens with one attached hydrogen (secondary N) is 1. The van der Waals surface area contributed by atoms with Gasteiger partial charge in [-0.05, 0) is 24.5 Å². The first kappa shape index (κ1) is 10.0. The molecule has 4 heteroatoms. The van der Waals surface area contributed by atoms with E-state index in [2.05, 4.69) is 5.32 Å². The molecule has 0 saturated carbocycles. The van der Waals surface area contributed by atoms with Gasteiger partial charge >= 0.3 is 0 Å². The molecule has 1 saturated heterocycles. The van der Waals surface area contributed by atoms with E-state index in [-0.39, 0.29) is 5.41 Å². The average molecular weight is 225 g/mol. The van der Waals surface area contributed by atoms with Crippen LogP contribution in [0.4, 0.5) is 14.5 Å². The molecule has 2 nitrogen and oxygen atoms in total. The molecule has 0 unspecified atom stereocenters. The zero-order chi connectivity index (χ0) is 11.2. The van der Waals surface area contributed by atoms with Crippen LogP contribution in [0.1, 0.15) is 18.4 Å². The van der Waals surface area contributed by atoms with Crippen LogP contribution in [0.2, 0.25) is 0 Å². The van der Waals surface area contributed by atoms with Gasteiger partial charge in [0.25, 0.3) is 0 Å². The second kappa shape index (κ2) is 3.42. The molecule has 0 atom stereocenters. The van der Waals surface area contributed by atoms with Gasteiger partial charge in [0.1, 0.15) is 11.6 Å². The van der Waals surface area contributed by atoms with Crippen molar-refractivity contribution in [2.24, 2.45) is 0 Å². The standard InChI is InChI=1S/C12H13F2NO/c13-8-5-9-11(10(14)6-8)15-7-12(9)1-3-16-4-2-12/h5-6,15H,1-4,7H2. The number of fused-ring (bicyclic) bond motifs is 2. The van der Waals surface area contributed by atoms with Gasteiger partial charge in [-0.15, -0.1) is 0 Å². The summed E-state index contributed by atoms with van der Waals surface area (Å²) in [6.45, 7) is 2.02. The Kier molecular flexibility index (Phi) is 2.14. The first-order chi connectivity index (χ1) is 7.71. The fraction of sp³-hybridized carbons (Fsp3) is 0.500. The Morgan fingerprint density at radius 2 is 1.94 bits per heavy atom. The minimum Gasteiger partial charge on any atom is -0.382 e. The van der Waals surface area contributed by atoms with Crippen molar-refractivity contribution in [1.82, 2.24) is 0 Å². The Hall–Kier alpha value is -1.16. The normalized spacial score (nSPS) is 21.9. The highest BCUT2D eigenvalue weighted by atomic mass is 19.1. The topological polar surface area (TPSA) is 21.3 Å². The molecule has 2 heterocycles. The minimum atomic E-state index is -0.495. The molecule has 0 aliphatic carbocycles. The Labute approximate surface area is 92.6 Å². The highest BCUT2D eigenvalue weighted by Gasteiger charge is 2.41. The molecule has 0 bridgehead atoms. The molecule has 1 aromatic rings. The van der Waals surface area contributed by atoms with Crippen LogP contribution in [0.15, 0.2) is 12.1 Å². The van der Waals surface area contributed by atoms with Crippen LogP contribution >= 0.6 is 0 Å². The number of ether oxygens (including phenoxy) is 1. The summed E-state index contributed by atoms with van der Waals surface area (Å²) in [5.74, 6) is -0.982. The summed E-state index contributed by atoms with van der Waals surface area (Å²) in [7, 11) is 0. The maximum absolute atomic E-state index is 13.6. The van der Waals surface area contributed by atoms with Crippen molar-refractivity contribution in [3.8, 4) is 0 Å². The maximum atomic E-state index is 13.6. The molecule has 16 heavy (non-hydrogen) atoms. The van der Waals surface area contributed by atoms with Crippen LogP contribution < -0.4 is 5.32 Å². The molecule has 1 fully saturated rings. The second-order valence-corrected chi connectivity index (χ2v) is 4.56. The van der Waals surface area contributed by atoms with Gasteiger partial charge in [-0.1, -0.05) is 0 Å². The molecule has 1 spiro atoms. The lowest BCUT2D eigenvalue weighted by molar-refractivity contribution is 0.0566. The predicted octanol–water partition coefficient (Wildman–Crippen LogP) is 2.44. The highest BCUT2D eigenvalue weighted by molar-refractivity contribution is 5.61. The molecule has 3 rings (SSSR count). The van der Waals surface area contributed by atoms with Crippen molar-refractivity contribution in [2.45, 2.75) is 18.3 Å². The molecule has 0 radical (unpaired) electrons. The summed E-state index contributed by atoms with van der Waals surface area (Å²) in [4.78, 5) is 0. The SMILES string of the molecule is Fc1cc(F)c2c(c1)C1(CCOCC1)CN2. The third-order valence-electron chi connectivity index (χ3n) is 3.68. The zero-order valence-electron chi connectivity index (χ0n) is 8.85. The summed E-state index contributed by atoms with van der Waals surface area (Å²) in [6.07, 6.45) is 1.66. The van der Waals surface area contributed by atoms with Crippen LogP contribution in [-0.4, -0.2) is 19.8 Å². The molecule has 0 aromatic heterocycles. The summed E-state index contributed by atoms with van der Waals surface area (Å²) >= 11 is 0. The summed E-state index contributed by atoms with van der Waals surface area (Å²) < 4.78 is 32.1. The Morgan fingerprint density at radius 3 is 2.69 bits per heavy atom. The summed E-state index contributed by atoms with van der Waals surface area (Å²) in [5, 5.41) is 3.06. The predicted molar refractivity (Wildman–Crippen MR) is 56.6 cm³/mol. The molecular weight excluding hydrogens is 212 g/mol. The van der Waals surface area contributed by atoms with Crippen LogP contribution in [0.25, 0.3) is 0 Å². The van der Waals surface area contributed by atoms with Crippen molar-refractivity contribution < 1.29 is 13.5 Å². The van der Waals surface area contributed by atoms with Gasteiger partial charge in [0.05, 0.1) is 5.69 Å². The quantitative estimate of drug-likeness (QED) is 0.732. The van der Waals surface area contributed by atoms with Gasteiger partial charge in [-0.25, -0.2) is 8.78 Å². The Bertz CT molecular complexity index is 427. The molecule has 1 aromatic carbocycles. The summed E-state index contributed by atoms with van der Waals surface area (Å²) in [5.41, 5.74) is 1.13. The average Bonchev–Trinajstić information content (AvgIpc) is 2.59. The first-order valence-corrected chi connectivity index (χ1v) is 5.52. The number of hydrogen-bond donors (Lipinski definition) is 1. The van der Waals surface area contributed by atoms with Crippen molar-refractivity contribution in [1.29, 1.82) is 0 Å². The number of hydrogen-bond acceptors (Lipinski definition) is 2. The van der Waals surface area contributed by atoms with Crippen LogP contribution in [0, 0.1) is 11.6 Å². The fourth-order valence-electron chi connectivity index (χ4n) is 2.73. The Balaban J connectivity index is 2.10. The number of benzene rings is 1. The lowest BCUT2D eigenvalue weighted by Gasteiger charge is -2.33. The maximum Gasteiger partial charge on any atom is 0.149 e. The van der Waals surface area contributed by atoms with Crippen molar-refractivity contribution in [2.75, 3.05) is 25.1 Å². The molecule has 0 amide bonds. The lowest BCUT2D eigenvalue weighted by Crippen LogP contribution is -2.35. The third-order valence-corrected chi connectivity index (χ3v) is 3.68. The van der Waals surface area contributed by atoms with Crippen LogP contribution in [0.5, 0.6) is 0 Å². The molecule has 1 N–H and O–H groups in total. The van der Waals surface area contributed by atoms with Crippen LogP contribution in [0.3, 0.4) is 0 Å². The van der Waals surface area contributed by atoms with E-state index >= 15 is 0 Å². The third kappa shape index (κ3) is 1.33. The van der Waals surface area contributed by atoms with Crippen molar-refractivity contribution in [3.05, 3.63) is 29.3 Å². The smallest absolute Gasteiger partial charge is 0.149 e. The van der Waals surface area contributed by atoms with E-state index in [4.69, 9.17) is 4.74 Å². The van der Waals surface area contributed by atoms with Gasteiger partial charge in [0, 0.05) is 31.2 Å². The fourth-order valence-corrected chi connectivity index (χ4v) is 2.73. The number of anilines is 1. The molecule has 86 valence electrons. The van der Waals surface area contributed by atoms with E-state index in [1.54, 1.807) is 0 Å². The van der Waals surface area contributed by atoms with Gasteiger partial charge in [-0.2, -0.15) is 0 Å². The first-order valence-electron chi connectivity index (χ1n) is 5.52. The van der Waals surface area contributed by atoms with Crippen LogP contribution in [-0.2, 0) is 10.2 Å². The number of halogens is 2. The van der Waals surface area contributed by atoms with Gasteiger partial charge in [0.15, 0.2) is 0 Å². The van der Waals surface area contributed by atoms with E-state index in [0.717, 1.165) is 24.5 Å². The summed E-state index contributed by atoms with van der Waals surface area (Å²) in [6, 6.07) is 2.40. The van der Waals surface area contributed by atoms with E-state index < -0.39 is 11.6 Å². The Morgan fingerprint density at radius 1 is 1.19 bits per heavy atom. The number of rotatable bonds is 0. The largest absolute Gasteiger partial charge is 0.382 e. The molecule has 2 aliphatic rings. The molecular formula is C12H13F2NO. The van der Waals surface area contributed by atoms with Gasteiger partial charge in [0.2, 0.25) is 0 Å².